The Hall–Kier alpha value is -1.38. The number of methoxy groups -OCH3 is 1. The van der Waals surface area contributed by atoms with Crippen LogP contribution in [-0.4, -0.2) is 106 Å². The fourth-order valence-electron chi connectivity index (χ4n) is 3.08. The molecule has 2 heterocycles. The van der Waals surface area contributed by atoms with Gasteiger partial charge in [-0.05, 0) is 0 Å². The number of carbonyl (C=O) groups excluding carboxylic acids is 1. The molecular formula is C15H25NO11. The Morgan fingerprint density at radius 3 is 2.33 bits per heavy atom. The number of amides is 1. The van der Waals surface area contributed by atoms with E-state index in [2.05, 4.69) is 5.32 Å². The monoisotopic (exact) mass is 395 g/mol. The third kappa shape index (κ3) is 4.92. The lowest BCUT2D eigenvalue weighted by Crippen LogP contribution is -2.67. The van der Waals surface area contributed by atoms with Gasteiger partial charge in [0, 0.05) is 20.5 Å². The van der Waals surface area contributed by atoms with Gasteiger partial charge in [-0.15, -0.1) is 0 Å². The van der Waals surface area contributed by atoms with E-state index in [9.17, 15) is 30.0 Å². The fraction of sp³-hybridized carbons (Fsp3) is 0.867. The van der Waals surface area contributed by atoms with Crippen LogP contribution in [0.2, 0.25) is 0 Å². The second kappa shape index (κ2) is 9.21. The lowest BCUT2D eigenvalue weighted by Gasteiger charge is -2.46. The smallest absolute Gasteiger partial charge is 0.333 e. The van der Waals surface area contributed by atoms with Crippen LogP contribution >= 0.6 is 0 Å². The summed E-state index contributed by atoms with van der Waals surface area (Å²) >= 11 is 0. The molecule has 0 aromatic heterocycles. The van der Waals surface area contributed by atoms with Crippen LogP contribution in [0, 0.1) is 0 Å². The number of carbonyl (C=O) groups is 2. The first kappa shape index (κ1) is 21.9. The second-order valence-corrected chi connectivity index (χ2v) is 6.40. The number of nitrogens with one attached hydrogen (secondary N) is 1. The van der Waals surface area contributed by atoms with Crippen LogP contribution in [0.5, 0.6) is 0 Å². The maximum Gasteiger partial charge on any atom is 0.333 e. The summed E-state index contributed by atoms with van der Waals surface area (Å²) in [4.78, 5) is 22.7. The molecule has 27 heavy (non-hydrogen) atoms. The molecule has 0 spiro atoms. The summed E-state index contributed by atoms with van der Waals surface area (Å²) in [5.41, 5.74) is 0. The van der Waals surface area contributed by atoms with Crippen LogP contribution in [0.25, 0.3) is 0 Å². The van der Waals surface area contributed by atoms with Crippen molar-refractivity contribution in [3.8, 4) is 0 Å². The van der Waals surface area contributed by atoms with Gasteiger partial charge in [-0.25, -0.2) is 4.79 Å². The maximum absolute atomic E-state index is 11.5. The van der Waals surface area contributed by atoms with Crippen molar-refractivity contribution in [1.82, 2.24) is 5.32 Å². The summed E-state index contributed by atoms with van der Waals surface area (Å²) < 4.78 is 21.2. The number of aliphatic hydroxyl groups excluding tert-OH is 4. The zero-order valence-corrected chi connectivity index (χ0v) is 14.8. The van der Waals surface area contributed by atoms with E-state index in [1.54, 1.807) is 0 Å². The molecule has 0 radical (unpaired) electrons. The van der Waals surface area contributed by atoms with Crippen molar-refractivity contribution in [1.29, 1.82) is 0 Å². The van der Waals surface area contributed by atoms with E-state index < -0.39 is 73.7 Å². The molecule has 2 aliphatic heterocycles. The Morgan fingerprint density at radius 1 is 1.15 bits per heavy atom. The number of ether oxygens (including phenoxy) is 4. The van der Waals surface area contributed by atoms with Crippen LogP contribution < -0.4 is 5.32 Å². The Balaban J connectivity index is 2.25. The molecule has 6 N–H and O–H groups in total. The van der Waals surface area contributed by atoms with Crippen LogP contribution in [0.3, 0.4) is 0 Å². The minimum Gasteiger partial charge on any atom is -0.479 e. The van der Waals surface area contributed by atoms with E-state index in [4.69, 9.17) is 24.1 Å². The van der Waals surface area contributed by atoms with E-state index in [0.29, 0.717) is 0 Å². The fourth-order valence-corrected chi connectivity index (χ4v) is 3.08. The standard InChI is InChI=1S/C15H25NO11/c1-5(18)16-9-12(11(21)8(4-17)26-14(9)24-2)27-15-10(20)6(19)3-7(25-15)13(22)23/h6-12,14-15,17,19-21H,3-4H2,1-2H3,(H,16,18)(H,22,23)/t6-,7?,8?,9-,10-,11?,12+,14?,15?/m0/s1. The normalized spacial score (nSPS) is 42.5. The number of hydrogen-bond donors (Lipinski definition) is 6. The third-order valence-corrected chi connectivity index (χ3v) is 4.45. The quantitative estimate of drug-likeness (QED) is 0.262. The molecule has 5 unspecified atom stereocenters. The van der Waals surface area contributed by atoms with Gasteiger partial charge in [-0.2, -0.15) is 0 Å². The Labute approximate surface area is 154 Å². The van der Waals surface area contributed by atoms with E-state index in [0.717, 1.165) is 0 Å². The lowest BCUT2D eigenvalue weighted by atomic mass is 9.96. The first-order chi connectivity index (χ1) is 12.7. The average Bonchev–Trinajstić information content (AvgIpc) is 2.61. The van der Waals surface area contributed by atoms with Gasteiger partial charge in [0.05, 0.1) is 12.7 Å². The van der Waals surface area contributed by atoms with Gasteiger partial charge in [0.1, 0.15) is 30.5 Å². The zero-order valence-electron chi connectivity index (χ0n) is 14.8. The summed E-state index contributed by atoms with van der Waals surface area (Å²) in [6, 6.07) is -1.07. The molecule has 0 bridgehead atoms. The highest BCUT2D eigenvalue weighted by molar-refractivity contribution is 5.73. The molecule has 0 saturated carbocycles. The average molecular weight is 395 g/mol. The topological polar surface area (TPSA) is 184 Å². The number of aliphatic carboxylic acids is 1. The predicted octanol–water partition coefficient (Wildman–Crippen LogP) is -3.48. The van der Waals surface area contributed by atoms with E-state index >= 15 is 0 Å². The molecule has 12 heteroatoms. The number of rotatable bonds is 6. The number of carboxylic acids is 1. The molecule has 12 nitrogen and oxygen atoms in total. The summed E-state index contributed by atoms with van der Waals surface area (Å²) in [5.74, 6) is -1.86. The van der Waals surface area contributed by atoms with Crippen molar-refractivity contribution >= 4 is 11.9 Å². The first-order valence-corrected chi connectivity index (χ1v) is 8.33. The molecule has 2 rings (SSSR count). The Bertz CT molecular complexity index is 532. The molecule has 0 aromatic rings. The summed E-state index contributed by atoms with van der Waals surface area (Å²) in [5, 5.41) is 51.4. The van der Waals surface area contributed by atoms with Crippen LogP contribution in [0.1, 0.15) is 13.3 Å². The molecular weight excluding hydrogens is 370 g/mol. The van der Waals surface area contributed by atoms with Gasteiger partial charge in [0.25, 0.3) is 0 Å². The Morgan fingerprint density at radius 2 is 1.81 bits per heavy atom. The van der Waals surface area contributed by atoms with Gasteiger partial charge >= 0.3 is 5.97 Å². The molecule has 2 fully saturated rings. The SMILES string of the molecule is COC1OC(CO)C(O)[C@H](OC2OC(C(=O)O)C[C@H](O)[C@@H]2O)[C@@H]1NC(C)=O. The van der Waals surface area contributed by atoms with Crippen molar-refractivity contribution in [2.75, 3.05) is 13.7 Å². The molecule has 156 valence electrons. The predicted molar refractivity (Wildman–Crippen MR) is 84.2 cm³/mol. The molecule has 1 amide bonds. The molecule has 2 aliphatic rings. The minimum absolute atomic E-state index is 0.345. The highest BCUT2D eigenvalue weighted by Crippen LogP contribution is 2.29. The van der Waals surface area contributed by atoms with Gasteiger partial charge in [0.15, 0.2) is 18.7 Å². The summed E-state index contributed by atoms with van der Waals surface area (Å²) in [6.45, 7) is 0.618. The number of hydrogen-bond acceptors (Lipinski definition) is 10. The highest BCUT2D eigenvalue weighted by Gasteiger charge is 2.50. The van der Waals surface area contributed by atoms with Crippen molar-refractivity contribution in [2.24, 2.45) is 0 Å². The van der Waals surface area contributed by atoms with E-state index in [1.165, 1.54) is 14.0 Å². The van der Waals surface area contributed by atoms with E-state index in [-0.39, 0.29) is 6.42 Å². The molecule has 2 saturated heterocycles. The van der Waals surface area contributed by atoms with Crippen molar-refractivity contribution in [3.05, 3.63) is 0 Å². The number of carboxylic acid groups (broad SMARTS) is 1. The maximum atomic E-state index is 11.5. The van der Waals surface area contributed by atoms with Gasteiger partial charge < -0.3 is 49.8 Å². The summed E-state index contributed by atoms with van der Waals surface area (Å²) in [7, 11) is 1.28. The first-order valence-electron chi connectivity index (χ1n) is 8.33. The number of aliphatic hydroxyl groups is 4. The Kier molecular flexibility index (Phi) is 7.47. The zero-order chi connectivity index (χ0) is 20.3. The third-order valence-electron chi connectivity index (χ3n) is 4.45. The largest absolute Gasteiger partial charge is 0.479 e. The van der Waals surface area contributed by atoms with Crippen LogP contribution in [0.4, 0.5) is 0 Å². The van der Waals surface area contributed by atoms with Crippen LogP contribution in [0.15, 0.2) is 0 Å². The molecule has 9 atom stereocenters. The van der Waals surface area contributed by atoms with E-state index in [1.807, 2.05) is 0 Å². The summed E-state index contributed by atoms with van der Waals surface area (Å²) in [6.07, 6.45) is -11.4. The van der Waals surface area contributed by atoms with Crippen molar-refractivity contribution in [3.63, 3.8) is 0 Å². The van der Waals surface area contributed by atoms with Crippen molar-refractivity contribution < 1.29 is 54.1 Å². The second-order valence-electron chi connectivity index (χ2n) is 6.40. The highest BCUT2D eigenvalue weighted by atomic mass is 16.7. The molecule has 0 aromatic carbocycles. The minimum atomic E-state index is -1.61. The molecule has 0 aliphatic carbocycles. The van der Waals surface area contributed by atoms with Gasteiger partial charge in [0.2, 0.25) is 5.91 Å². The van der Waals surface area contributed by atoms with Crippen LogP contribution in [-0.2, 0) is 28.5 Å². The lowest BCUT2D eigenvalue weighted by molar-refractivity contribution is -0.326. The van der Waals surface area contributed by atoms with Gasteiger partial charge in [-0.3, -0.25) is 4.79 Å². The van der Waals surface area contributed by atoms with Crippen molar-refractivity contribution in [2.45, 2.75) is 68.6 Å². The van der Waals surface area contributed by atoms with Gasteiger partial charge in [-0.1, -0.05) is 0 Å².